The Hall–Kier alpha value is -3.48. The molecule has 2 amide bonds. The number of carbonyl (C=O) groups excluding carboxylic acids is 2. The van der Waals surface area contributed by atoms with Gasteiger partial charge in [0, 0.05) is 38.2 Å². The van der Waals surface area contributed by atoms with E-state index in [9.17, 15) is 9.59 Å². The number of benzene rings is 2. The molecule has 2 aliphatic rings. The van der Waals surface area contributed by atoms with E-state index in [0.717, 1.165) is 24.2 Å². The average molecular weight is 465 g/mol. The molecule has 1 heterocycles. The Morgan fingerprint density at radius 1 is 0.882 bits per heavy atom. The molecule has 2 aromatic carbocycles. The van der Waals surface area contributed by atoms with Crippen molar-refractivity contribution in [3.8, 4) is 17.2 Å². The zero-order valence-corrected chi connectivity index (χ0v) is 19.7. The normalized spacial score (nSPS) is 15.9. The highest BCUT2D eigenvalue weighted by Crippen LogP contribution is 2.31. The Kier molecular flexibility index (Phi) is 8.07. The number of rotatable bonds is 10. The number of carbonyl (C=O) groups is 2. The van der Waals surface area contributed by atoms with E-state index in [1.54, 1.807) is 17.1 Å². The van der Waals surface area contributed by atoms with Crippen molar-refractivity contribution >= 4 is 17.9 Å². The third kappa shape index (κ3) is 6.53. The smallest absolute Gasteiger partial charge is 0.246 e. The molecule has 0 bridgehead atoms. The monoisotopic (exact) mass is 464 g/mol. The lowest BCUT2D eigenvalue weighted by Crippen LogP contribution is -2.50. The van der Waals surface area contributed by atoms with Crippen molar-refractivity contribution in [2.45, 2.75) is 19.8 Å². The number of amides is 2. The molecule has 4 rings (SSSR count). The van der Waals surface area contributed by atoms with Crippen LogP contribution in [0.1, 0.15) is 25.3 Å². The maximum absolute atomic E-state index is 12.6. The maximum Gasteiger partial charge on any atom is 0.246 e. The summed E-state index contributed by atoms with van der Waals surface area (Å²) in [4.78, 5) is 28.5. The topological polar surface area (TPSA) is 68.3 Å². The van der Waals surface area contributed by atoms with Crippen LogP contribution in [0.4, 0.5) is 0 Å². The van der Waals surface area contributed by atoms with Crippen molar-refractivity contribution < 1.29 is 23.8 Å². The molecule has 2 aromatic rings. The fourth-order valence-electron chi connectivity index (χ4n) is 3.85. The quantitative estimate of drug-likeness (QED) is 0.397. The molecule has 0 spiro atoms. The summed E-state index contributed by atoms with van der Waals surface area (Å²) in [7, 11) is 0. The summed E-state index contributed by atoms with van der Waals surface area (Å²) >= 11 is 0. The van der Waals surface area contributed by atoms with Crippen LogP contribution in [0.3, 0.4) is 0 Å². The molecule has 0 atom stereocenters. The number of para-hydroxylation sites is 1. The molecule has 1 aliphatic carbocycles. The SMILES string of the molecule is CCOc1cc(/C=C/C(=O)N2CCN(C(=O)C3CC3)CC2)ccc1OCCOc1ccccc1. The van der Waals surface area contributed by atoms with Gasteiger partial charge >= 0.3 is 0 Å². The molecule has 7 nitrogen and oxygen atoms in total. The average Bonchev–Trinajstić information content (AvgIpc) is 3.72. The second-order valence-corrected chi connectivity index (χ2v) is 8.41. The van der Waals surface area contributed by atoms with Crippen LogP contribution >= 0.6 is 0 Å². The molecule has 180 valence electrons. The molecule has 0 unspecified atom stereocenters. The molecule has 1 saturated carbocycles. The largest absolute Gasteiger partial charge is 0.490 e. The Bertz CT molecular complexity index is 995. The van der Waals surface area contributed by atoms with Crippen LogP contribution < -0.4 is 14.2 Å². The molecule has 0 N–H and O–H groups in total. The highest BCUT2D eigenvalue weighted by molar-refractivity contribution is 5.92. The van der Waals surface area contributed by atoms with Gasteiger partial charge in [-0.05, 0) is 55.7 Å². The van der Waals surface area contributed by atoms with Crippen LogP contribution in [0.25, 0.3) is 6.08 Å². The van der Waals surface area contributed by atoms with Crippen LogP contribution in [0.2, 0.25) is 0 Å². The van der Waals surface area contributed by atoms with E-state index >= 15 is 0 Å². The molecule has 0 aromatic heterocycles. The van der Waals surface area contributed by atoms with E-state index in [2.05, 4.69) is 0 Å². The minimum absolute atomic E-state index is 0.0464. The van der Waals surface area contributed by atoms with Crippen molar-refractivity contribution in [1.82, 2.24) is 9.80 Å². The van der Waals surface area contributed by atoms with E-state index in [1.807, 2.05) is 60.4 Å². The first-order valence-corrected chi connectivity index (χ1v) is 12.0. The van der Waals surface area contributed by atoms with Gasteiger partial charge < -0.3 is 24.0 Å². The minimum atomic E-state index is -0.0464. The first kappa shape index (κ1) is 23.7. The summed E-state index contributed by atoms with van der Waals surface area (Å²) in [5.41, 5.74) is 0.854. The first-order valence-electron chi connectivity index (χ1n) is 12.0. The summed E-state index contributed by atoms with van der Waals surface area (Å²) < 4.78 is 17.3. The number of nitrogens with zero attached hydrogens (tertiary/aromatic N) is 2. The number of hydrogen-bond acceptors (Lipinski definition) is 5. The molecular formula is C27H32N2O5. The molecule has 2 fully saturated rings. The van der Waals surface area contributed by atoms with E-state index in [1.165, 1.54) is 0 Å². The number of piperazine rings is 1. The minimum Gasteiger partial charge on any atom is -0.490 e. The van der Waals surface area contributed by atoms with Gasteiger partial charge in [0.05, 0.1) is 6.61 Å². The van der Waals surface area contributed by atoms with Crippen LogP contribution in [-0.2, 0) is 9.59 Å². The Morgan fingerprint density at radius 3 is 2.29 bits per heavy atom. The summed E-state index contributed by atoms with van der Waals surface area (Å²) in [5, 5.41) is 0. The lowest BCUT2D eigenvalue weighted by Gasteiger charge is -2.34. The third-order valence-electron chi connectivity index (χ3n) is 5.87. The highest BCUT2D eigenvalue weighted by atomic mass is 16.5. The fourth-order valence-corrected chi connectivity index (χ4v) is 3.85. The second kappa shape index (κ2) is 11.6. The van der Waals surface area contributed by atoms with Gasteiger partial charge in [0.15, 0.2) is 11.5 Å². The van der Waals surface area contributed by atoms with Gasteiger partial charge in [-0.1, -0.05) is 24.3 Å². The van der Waals surface area contributed by atoms with Gasteiger partial charge in [0.25, 0.3) is 0 Å². The van der Waals surface area contributed by atoms with Gasteiger partial charge in [0.2, 0.25) is 11.8 Å². The number of ether oxygens (including phenoxy) is 3. The van der Waals surface area contributed by atoms with Crippen molar-refractivity contribution in [1.29, 1.82) is 0 Å². The first-order chi connectivity index (χ1) is 16.6. The van der Waals surface area contributed by atoms with Crippen molar-refractivity contribution in [3.63, 3.8) is 0 Å². The fraction of sp³-hybridized carbons (Fsp3) is 0.407. The van der Waals surface area contributed by atoms with Gasteiger partial charge in [-0.25, -0.2) is 0 Å². The predicted molar refractivity (Wildman–Crippen MR) is 130 cm³/mol. The zero-order valence-electron chi connectivity index (χ0n) is 19.7. The Balaban J connectivity index is 1.27. The van der Waals surface area contributed by atoms with Crippen molar-refractivity contribution in [3.05, 3.63) is 60.2 Å². The lowest BCUT2D eigenvalue weighted by atomic mass is 10.1. The maximum atomic E-state index is 12.6. The van der Waals surface area contributed by atoms with E-state index in [0.29, 0.717) is 57.5 Å². The lowest BCUT2D eigenvalue weighted by molar-refractivity contribution is -0.138. The summed E-state index contributed by atoms with van der Waals surface area (Å²) in [6.07, 6.45) is 5.39. The number of hydrogen-bond donors (Lipinski definition) is 0. The summed E-state index contributed by atoms with van der Waals surface area (Å²) in [5.74, 6) is 2.50. The van der Waals surface area contributed by atoms with Crippen LogP contribution in [0, 0.1) is 5.92 Å². The van der Waals surface area contributed by atoms with Gasteiger partial charge in [-0.15, -0.1) is 0 Å². The molecule has 7 heteroatoms. The van der Waals surface area contributed by atoms with Crippen molar-refractivity contribution in [2.75, 3.05) is 46.0 Å². The van der Waals surface area contributed by atoms with E-state index in [4.69, 9.17) is 14.2 Å². The molecule has 34 heavy (non-hydrogen) atoms. The van der Waals surface area contributed by atoms with Crippen LogP contribution in [-0.4, -0.2) is 67.6 Å². The summed E-state index contributed by atoms with van der Waals surface area (Å²) in [6, 6.07) is 15.2. The molecule has 0 radical (unpaired) electrons. The predicted octanol–water partition coefficient (Wildman–Crippen LogP) is 3.64. The third-order valence-corrected chi connectivity index (χ3v) is 5.87. The van der Waals surface area contributed by atoms with Crippen LogP contribution in [0.5, 0.6) is 17.2 Å². The molecule has 1 saturated heterocycles. The van der Waals surface area contributed by atoms with Gasteiger partial charge in [-0.3, -0.25) is 9.59 Å². The standard InChI is InChI=1S/C27H32N2O5/c1-2-32-25-20-21(8-12-24(25)34-19-18-33-23-6-4-3-5-7-23)9-13-26(30)28-14-16-29(17-15-28)27(31)22-10-11-22/h3-9,12-13,20,22H,2,10-11,14-19H2,1H3/b13-9+. The highest BCUT2D eigenvalue weighted by Gasteiger charge is 2.34. The zero-order chi connectivity index (χ0) is 23.8. The van der Waals surface area contributed by atoms with E-state index in [-0.39, 0.29) is 17.7 Å². The van der Waals surface area contributed by atoms with Crippen molar-refractivity contribution in [2.24, 2.45) is 5.92 Å². The molecular weight excluding hydrogens is 432 g/mol. The Morgan fingerprint density at radius 2 is 1.59 bits per heavy atom. The second-order valence-electron chi connectivity index (χ2n) is 8.41. The van der Waals surface area contributed by atoms with E-state index < -0.39 is 0 Å². The van der Waals surface area contributed by atoms with Crippen LogP contribution in [0.15, 0.2) is 54.6 Å². The molecule has 1 aliphatic heterocycles. The van der Waals surface area contributed by atoms with Gasteiger partial charge in [-0.2, -0.15) is 0 Å². The van der Waals surface area contributed by atoms with Gasteiger partial charge in [0.1, 0.15) is 19.0 Å². The Labute approximate surface area is 200 Å². The summed E-state index contributed by atoms with van der Waals surface area (Å²) in [6.45, 7) is 5.61.